The van der Waals surface area contributed by atoms with Crippen molar-refractivity contribution in [3.63, 3.8) is 0 Å². The second kappa shape index (κ2) is 5.65. The third-order valence-corrected chi connectivity index (χ3v) is 3.64. The first kappa shape index (κ1) is 13.3. The van der Waals surface area contributed by atoms with E-state index in [1.807, 2.05) is 12.1 Å². The average molecular weight is 264 g/mol. The van der Waals surface area contributed by atoms with E-state index in [-0.39, 0.29) is 0 Å². The van der Waals surface area contributed by atoms with Crippen LogP contribution in [0.5, 0.6) is 5.75 Å². The summed E-state index contributed by atoms with van der Waals surface area (Å²) in [5, 5.41) is 0. The SMILES string of the molecule is CC1CC(C)CC(Oc2ccc(C(N)=S)nc2)C1. The number of nitrogens with zero attached hydrogens (tertiary/aromatic N) is 1. The first-order valence-corrected chi connectivity index (χ1v) is 6.88. The Kier molecular flexibility index (Phi) is 4.17. The van der Waals surface area contributed by atoms with E-state index >= 15 is 0 Å². The molecule has 1 aromatic rings. The van der Waals surface area contributed by atoms with E-state index in [0.717, 1.165) is 30.4 Å². The standard InChI is InChI=1S/C14H20N2OS/c1-9-5-10(2)7-12(6-9)17-11-3-4-13(14(15)18)16-8-11/h3-4,8-10,12H,5-7H2,1-2H3,(H2,15,18). The molecular weight excluding hydrogens is 244 g/mol. The fourth-order valence-electron chi connectivity index (χ4n) is 2.76. The topological polar surface area (TPSA) is 48.1 Å². The van der Waals surface area contributed by atoms with Crippen LogP contribution in [0.2, 0.25) is 0 Å². The third kappa shape index (κ3) is 3.42. The molecule has 1 fully saturated rings. The molecule has 2 rings (SSSR count). The van der Waals surface area contributed by atoms with Gasteiger partial charge in [-0.05, 0) is 43.2 Å². The highest BCUT2D eigenvalue weighted by Crippen LogP contribution is 2.31. The van der Waals surface area contributed by atoms with Crippen molar-refractivity contribution in [3.05, 3.63) is 24.0 Å². The number of rotatable bonds is 3. The van der Waals surface area contributed by atoms with Gasteiger partial charge in [-0.15, -0.1) is 0 Å². The molecule has 0 aromatic carbocycles. The smallest absolute Gasteiger partial charge is 0.138 e. The van der Waals surface area contributed by atoms with Crippen molar-refractivity contribution < 1.29 is 4.74 Å². The highest BCUT2D eigenvalue weighted by molar-refractivity contribution is 7.80. The number of aromatic nitrogens is 1. The van der Waals surface area contributed by atoms with E-state index in [1.54, 1.807) is 6.20 Å². The lowest BCUT2D eigenvalue weighted by Gasteiger charge is -2.31. The minimum Gasteiger partial charge on any atom is -0.489 e. The molecule has 0 aliphatic heterocycles. The van der Waals surface area contributed by atoms with Crippen molar-refractivity contribution in [2.75, 3.05) is 0 Å². The van der Waals surface area contributed by atoms with Gasteiger partial charge in [-0.3, -0.25) is 0 Å². The first-order valence-electron chi connectivity index (χ1n) is 6.47. The Balaban J connectivity index is 1.98. The molecule has 1 aliphatic carbocycles. The summed E-state index contributed by atoms with van der Waals surface area (Å²) in [6, 6.07) is 3.71. The monoisotopic (exact) mass is 264 g/mol. The van der Waals surface area contributed by atoms with Crippen LogP contribution in [0.4, 0.5) is 0 Å². The Morgan fingerprint density at radius 1 is 1.28 bits per heavy atom. The zero-order valence-corrected chi connectivity index (χ0v) is 11.7. The molecule has 1 aromatic heterocycles. The number of thiocarbonyl (C=S) groups is 1. The van der Waals surface area contributed by atoms with E-state index < -0.39 is 0 Å². The summed E-state index contributed by atoms with van der Waals surface area (Å²) in [6.07, 6.45) is 5.57. The highest BCUT2D eigenvalue weighted by atomic mass is 32.1. The maximum absolute atomic E-state index is 5.98. The molecule has 18 heavy (non-hydrogen) atoms. The average Bonchev–Trinajstić information content (AvgIpc) is 2.28. The van der Waals surface area contributed by atoms with Crippen LogP contribution in [0, 0.1) is 11.8 Å². The lowest BCUT2D eigenvalue weighted by atomic mass is 9.82. The fourth-order valence-corrected chi connectivity index (χ4v) is 2.88. The van der Waals surface area contributed by atoms with Crippen molar-refractivity contribution in [1.29, 1.82) is 0 Å². The molecule has 0 amide bonds. The second-order valence-corrected chi connectivity index (χ2v) is 5.84. The van der Waals surface area contributed by atoms with E-state index in [1.165, 1.54) is 6.42 Å². The third-order valence-electron chi connectivity index (χ3n) is 3.43. The summed E-state index contributed by atoms with van der Waals surface area (Å²) in [5.74, 6) is 2.28. The lowest BCUT2D eigenvalue weighted by Crippen LogP contribution is -2.28. The second-order valence-electron chi connectivity index (χ2n) is 5.40. The number of pyridine rings is 1. The van der Waals surface area contributed by atoms with Crippen molar-refractivity contribution in [2.24, 2.45) is 17.6 Å². The molecule has 3 nitrogen and oxygen atoms in total. The Morgan fingerprint density at radius 2 is 1.94 bits per heavy atom. The van der Waals surface area contributed by atoms with Crippen molar-refractivity contribution >= 4 is 17.2 Å². The van der Waals surface area contributed by atoms with Crippen LogP contribution in [-0.4, -0.2) is 16.1 Å². The van der Waals surface area contributed by atoms with Gasteiger partial charge in [-0.2, -0.15) is 0 Å². The molecule has 2 unspecified atom stereocenters. The summed E-state index contributed by atoms with van der Waals surface area (Å²) < 4.78 is 5.98. The number of hydrogen-bond donors (Lipinski definition) is 1. The predicted octanol–water partition coefficient (Wildman–Crippen LogP) is 2.92. The summed E-state index contributed by atoms with van der Waals surface area (Å²) >= 11 is 4.87. The van der Waals surface area contributed by atoms with Gasteiger partial charge < -0.3 is 10.5 Å². The minimum absolute atomic E-state index is 0.307. The van der Waals surface area contributed by atoms with Crippen LogP contribution in [0.1, 0.15) is 38.8 Å². The van der Waals surface area contributed by atoms with E-state index in [4.69, 9.17) is 22.7 Å². The molecule has 1 aliphatic rings. The molecule has 0 spiro atoms. The summed E-state index contributed by atoms with van der Waals surface area (Å²) in [5.41, 5.74) is 6.15. The number of ether oxygens (including phenoxy) is 1. The van der Waals surface area contributed by atoms with Crippen LogP contribution in [0.3, 0.4) is 0 Å². The zero-order chi connectivity index (χ0) is 13.1. The first-order chi connectivity index (χ1) is 8.54. The van der Waals surface area contributed by atoms with Crippen molar-refractivity contribution in [3.8, 4) is 5.75 Å². The van der Waals surface area contributed by atoms with Gasteiger partial charge in [0.25, 0.3) is 0 Å². The molecule has 0 saturated heterocycles. The lowest BCUT2D eigenvalue weighted by molar-refractivity contribution is 0.101. The summed E-state index contributed by atoms with van der Waals surface area (Å²) in [4.78, 5) is 4.51. The van der Waals surface area contributed by atoms with Gasteiger partial charge in [0.05, 0.1) is 18.0 Å². The van der Waals surface area contributed by atoms with Gasteiger partial charge in [-0.25, -0.2) is 4.98 Å². The van der Waals surface area contributed by atoms with E-state index in [2.05, 4.69) is 18.8 Å². The molecule has 0 radical (unpaired) electrons. The van der Waals surface area contributed by atoms with Crippen LogP contribution in [0.15, 0.2) is 18.3 Å². The van der Waals surface area contributed by atoms with Crippen LogP contribution >= 0.6 is 12.2 Å². The van der Waals surface area contributed by atoms with E-state index in [9.17, 15) is 0 Å². The molecule has 0 bridgehead atoms. The normalized spacial score (nSPS) is 27.8. The van der Waals surface area contributed by atoms with Gasteiger partial charge in [0, 0.05) is 0 Å². The van der Waals surface area contributed by atoms with E-state index in [0.29, 0.717) is 16.8 Å². The van der Waals surface area contributed by atoms with Gasteiger partial charge >= 0.3 is 0 Å². The van der Waals surface area contributed by atoms with Crippen molar-refractivity contribution in [2.45, 2.75) is 39.2 Å². The van der Waals surface area contributed by atoms with Gasteiger partial charge in [0.2, 0.25) is 0 Å². The Bertz CT molecular complexity index is 408. The molecule has 1 saturated carbocycles. The van der Waals surface area contributed by atoms with Crippen LogP contribution in [0.25, 0.3) is 0 Å². The summed E-state index contributed by atoms with van der Waals surface area (Å²) in [7, 11) is 0. The van der Waals surface area contributed by atoms with Gasteiger partial charge in [0.15, 0.2) is 0 Å². The fraction of sp³-hybridized carbons (Fsp3) is 0.571. The molecule has 4 heteroatoms. The molecule has 98 valence electrons. The Morgan fingerprint density at radius 3 is 2.44 bits per heavy atom. The largest absolute Gasteiger partial charge is 0.489 e. The maximum Gasteiger partial charge on any atom is 0.138 e. The molecule has 1 heterocycles. The van der Waals surface area contributed by atoms with Crippen LogP contribution < -0.4 is 10.5 Å². The molecular formula is C14H20N2OS. The Labute approximate surface area is 114 Å². The van der Waals surface area contributed by atoms with Crippen LogP contribution in [-0.2, 0) is 0 Å². The predicted molar refractivity (Wildman–Crippen MR) is 76.7 cm³/mol. The minimum atomic E-state index is 0.307. The quantitative estimate of drug-likeness (QED) is 0.853. The summed E-state index contributed by atoms with van der Waals surface area (Å²) in [6.45, 7) is 4.58. The Hall–Kier alpha value is -1.16. The maximum atomic E-state index is 5.98. The molecule has 2 atom stereocenters. The van der Waals surface area contributed by atoms with Gasteiger partial charge in [-0.1, -0.05) is 26.1 Å². The molecule has 2 N–H and O–H groups in total. The number of nitrogens with two attached hydrogens (primary N) is 1. The number of hydrogen-bond acceptors (Lipinski definition) is 3. The zero-order valence-electron chi connectivity index (χ0n) is 10.9. The van der Waals surface area contributed by atoms with Gasteiger partial charge in [0.1, 0.15) is 10.7 Å². The highest BCUT2D eigenvalue weighted by Gasteiger charge is 2.25. The van der Waals surface area contributed by atoms with Crippen molar-refractivity contribution in [1.82, 2.24) is 4.98 Å².